The number of piperazine rings is 1. The Morgan fingerprint density at radius 1 is 1.29 bits per heavy atom. The van der Waals surface area contributed by atoms with E-state index >= 15 is 0 Å². The Morgan fingerprint density at radius 3 is 2.82 bits per heavy atom. The summed E-state index contributed by atoms with van der Waals surface area (Å²) in [6.45, 7) is 4.39. The summed E-state index contributed by atoms with van der Waals surface area (Å²) in [5, 5.41) is 11.7. The summed E-state index contributed by atoms with van der Waals surface area (Å²) in [6.07, 6.45) is 4.19. The van der Waals surface area contributed by atoms with Crippen LogP contribution in [0.2, 0.25) is 0 Å². The van der Waals surface area contributed by atoms with Crippen molar-refractivity contribution in [2.45, 2.75) is 32.4 Å². The lowest BCUT2D eigenvalue weighted by Crippen LogP contribution is -2.53. The first-order valence-corrected chi connectivity index (χ1v) is 11.2. The number of hydrogen-bond acceptors (Lipinski definition) is 7. The van der Waals surface area contributed by atoms with E-state index in [0.29, 0.717) is 49.4 Å². The maximum atomic E-state index is 14.5. The molecule has 9 nitrogen and oxygen atoms in total. The molecule has 1 fully saturated rings. The number of aromatic nitrogens is 3. The zero-order valence-corrected chi connectivity index (χ0v) is 19.1. The molecule has 0 aromatic carbocycles. The molecule has 176 valence electrons. The Kier molecular flexibility index (Phi) is 6.84. The average molecular weight is 464 g/mol. The molecule has 3 aromatic rings. The van der Waals surface area contributed by atoms with Gasteiger partial charge in [0.05, 0.1) is 41.4 Å². The molecular weight excluding hydrogens is 437 g/mol. The van der Waals surface area contributed by atoms with Gasteiger partial charge in [0.15, 0.2) is 11.5 Å². The van der Waals surface area contributed by atoms with Crippen LogP contribution in [0.5, 0.6) is 0 Å². The predicted molar refractivity (Wildman–Crippen MR) is 126 cm³/mol. The number of carbonyl (C=O) groups excluding carboxylic acids is 1. The van der Waals surface area contributed by atoms with E-state index in [2.05, 4.69) is 31.2 Å². The van der Waals surface area contributed by atoms with Gasteiger partial charge in [0.1, 0.15) is 0 Å². The van der Waals surface area contributed by atoms with Crippen molar-refractivity contribution in [1.82, 2.24) is 25.2 Å². The van der Waals surface area contributed by atoms with Gasteiger partial charge in [-0.2, -0.15) is 5.26 Å². The normalized spacial score (nSPS) is 16.4. The van der Waals surface area contributed by atoms with Crippen molar-refractivity contribution >= 4 is 22.6 Å². The molecule has 0 spiro atoms. The number of carbonyl (C=O) groups is 1. The highest BCUT2D eigenvalue weighted by atomic mass is 19.1. The van der Waals surface area contributed by atoms with E-state index in [4.69, 9.17) is 0 Å². The van der Waals surface area contributed by atoms with Crippen LogP contribution in [-0.4, -0.2) is 58.5 Å². The standard InChI is InChI=1S/C24H26FN7O2/c1-3-16-9-20-21(30-23(16)33)8-15(11-28-20)13-31-6-7-32(17(14-31)4-5-26)18-10-19(25)22(29-12-18)24(34)27-2/h8-12,17H,3-4,6-7,13-14H2,1-2H3,(H,27,34)(H,30,33)/t17-/m1/s1. The van der Waals surface area contributed by atoms with Crippen molar-refractivity contribution in [3.63, 3.8) is 0 Å². The molecule has 2 N–H and O–H groups in total. The second-order valence-electron chi connectivity index (χ2n) is 8.30. The smallest absolute Gasteiger partial charge is 0.272 e. The number of nitrogens with one attached hydrogen (secondary N) is 2. The predicted octanol–water partition coefficient (Wildman–Crippen LogP) is 1.98. The molecule has 10 heteroatoms. The maximum absolute atomic E-state index is 14.5. The Labute approximate surface area is 196 Å². The lowest BCUT2D eigenvalue weighted by Gasteiger charge is -2.42. The van der Waals surface area contributed by atoms with Crippen LogP contribution in [0.15, 0.2) is 35.4 Å². The topological polar surface area (TPSA) is 118 Å². The number of nitrogens with zero attached hydrogens (tertiary/aromatic N) is 5. The summed E-state index contributed by atoms with van der Waals surface area (Å²) in [5.74, 6) is -1.28. The number of amides is 1. The molecule has 1 aliphatic heterocycles. The first kappa shape index (κ1) is 23.3. The number of anilines is 1. The number of fused-ring (bicyclic) bond motifs is 1. The van der Waals surface area contributed by atoms with Gasteiger partial charge >= 0.3 is 0 Å². The highest BCUT2D eigenvalue weighted by molar-refractivity contribution is 5.92. The van der Waals surface area contributed by atoms with Crippen molar-refractivity contribution in [3.8, 4) is 6.07 Å². The number of aromatic amines is 1. The van der Waals surface area contributed by atoms with E-state index in [9.17, 15) is 19.2 Å². The fraction of sp³-hybridized carbons (Fsp3) is 0.375. The number of aryl methyl sites for hydroxylation is 1. The molecular formula is C24H26FN7O2. The number of nitriles is 1. The number of H-pyrrole nitrogens is 1. The van der Waals surface area contributed by atoms with Gasteiger partial charge in [0.2, 0.25) is 0 Å². The Morgan fingerprint density at radius 2 is 2.12 bits per heavy atom. The zero-order chi connectivity index (χ0) is 24.2. The molecule has 1 saturated heterocycles. The van der Waals surface area contributed by atoms with E-state index in [1.54, 1.807) is 0 Å². The fourth-order valence-corrected chi connectivity index (χ4v) is 4.33. The summed E-state index contributed by atoms with van der Waals surface area (Å²) in [7, 11) is 1.42. The van der Waals surface area contributed by atoms with Crippen LogP contribution in [0.25, 0.3) is 11.0 Å². The first-order valence-electron chi connectivity index (χ1n) is 11.2. The summed E-state index contributed by atoms with van der Waals surface area (Å²) in [4.78, 5) is 39.5. The molecule has 4 heterocycles. The molecule has 0 unspecified atom stereocenters. The molecule has 4 rings (SSSR count). The summed E-state index contributed by atoms with van der Waals surface area (Å²) < 4.78 is 14.5. The molecule has 1 atom stereocenters. The van der Waals surface area contributed by atoms with E-state index < -0.39 is 11.7 Å². The minimum Gasteiger partial charge on any atom is -0.364 e. The van der Waals surface area contributed by atoms with Gasteiger partial charge in [-0.3, -0.25) is 19.5 Å². The zero-order valence-electron chi connectivity index (χ0n) is 19.1. The molecule has 0 radical (unpaired) electrons. The molecule has 0 bridgehead atoms. The second kappa shape index (κ2) is 9.97. The van der Waals surface area contributed by atoms with Gasteiger partial charge in [-0.15, -0.1) is 0 Å². The van der Waals surface area contributed by atoms with Crippen LogP contribution >= 0.6 is 0 Å². The summed E-state index contributed by atoms with van der Waals surface area (Å²) in [5.41, 5.74) is 3.31. The molecule has 0 saturated carbocycles. The summed E-state index contributed by atoms with van der Waals surface area (Å²) >= 11 is 0. The van der Waals surface area contributed by atoms with E-state index in [1.165, 1.54) is 19.3 Å². The molecule has 34 heavy (non-hydrogen) atoms. The van der Waals surface area contributed by atoms with Gasteiger partial charge in [0.25, 0.3) is 11.5 Å². The van der Waals surface area contributed by atoms with E-state index in [0.717, 1.165) is 11.1 Å². The average Bonchev–Trinajstić information content (AvgIpc) is 2.83. The van der Waals surface area contributed by atoms with E-state index in [-0.39, 0.29) is 23.7 Å². The first-order chi connectivity index (χ1) is 16.4. The minimum atomic E-state index is -0.697. The van der Waals surface area contributed by atoms with Gasteiger partial charge < -0.3 is 15.2 Å². The van der Waals surface area contributed by atoms with Gasteiger partial charge in [-0.1, -0.05) is 6.92 Å². The number of pyridine rings is 3. The largest absolute Gasteiger partial charge is 0.364 e. The van der Waals surface area contributed by atoms with Gasteiger partial charge in [0, 0.05) is 51.1 Å². The number of halogens is 1. The highest BCUT2D eigenvalue weighted by Crippen LogP contribution is 2.24. The van der Waals surface area contributed by atoms with Crippen molar-refractivity contribution in [1.29, 1.82) is 5.26 Å². The van der Waals surface area contributed by atoms with Crippen LogP contribution < -0.4 is 15.8 Å². The monoisotopic (exact) mass is 463 g/mol. The third-order valence-electron chi connectivity index (χ3n) is 6.11. The maximum Gasteiger partial charge on any atom is 0.272 e. The van der Waals surface area contributed by atoms with Crippen LogP contribution in [0.1, 0.15) is 35.0 Å². The minimum absolute atomic E-state index is 0.0973. The second-order valence-corrected chi connectivity index (χ2v) is 8.30. The molecule has 1 aliphatic rings. The van der Waals surface area contributed by atoms with Crippen LogP contribution in [0, 0.1) is 17.1 Å². The van der Waals surface area contributed by atoms with Crippen molar-refractivity contribution < 1.29 is 9.18 Å². The number of rotatable bonds is 6. The van der Waals surface area contributed by atoms with Crippen LogP contribution in [0.4, 0.5) is 10.1 Å². The van der Waals surface area contributed by atoms with E-state index in [1.807, 2.05) is 30.2 Å². The quantitative estimate of drug-likeness (QED) is 0.574. The molecule has 0 aliphatic carbocycles. The SMILES string of the molecule is CCc1cc2ncc(CN3CCN(c4cnc(C(=O)NC)c(F)c4)[C@H](CC#N)C3)cc2[nH]c1=O. The molecule has 3 aromatic heterocycles. The van der Waals surface area contributed by atoms with Crippen molar-refractivity contribution in [2.75, 3.05) is 31.6 Å². The van der Waals surface area contributed by atoms with Gasteiger partial charge in [-0.05, 0) is 24.1 Å². The number of hydrogen-bond donors (Lipinski definition) is 2. The van der Waals surface area contributed by atoms with Crippen molar-refractivity contribution in [2.24, 2.45) is 0 Å². The summed E-state index contributed by atoms with van der Waals surface area (Å²) in [6, 6.07) is 7.11. The Hall–Kier alpha value is -3.84. The Balaban J connectivity index is 1.51. The molecule has 1 amide bonds. The fourth-order valence-electron chi connectivity index (χ4n) is 4.33. The van der Waals surface area contributed by atoms with Crippen LogP contribution in [-0.2, 0) is 13.0 Å². The third kappa shape index (κ3) is 4.75. The lowest BCUT2D eigenvalue weighted by molar-refractivity contribution is 0.0953. The van der Waals surface area contributed by atoms with Gasteiger partial charge in [-0.25, -0.2) is 9.37 Å². The third-order valence-corrected chi connectivity index (χ3v) is 6.11. The van der Waals surface area contributed by atoms with Crippen LogP contribution in [0.3, 0.4) is 0 Å². The Bertz CT molecular complexity index is 1320. The van der Waals surface area contributed by atoms with Crippen molar-refractivity contribution in [3.05, 3.63) is 63.6 Å². The lowest BCUT2D eigenvalue weighted by atomic mass is 10.1. The highest BCUT2D eigenvalue weighted by Gasteiger charge is 2.28.